The van der Waals surface area contributed by atoms with Crippen LogP contribution in [-0.2, 0) is 6.54 Å². The van der Waals surface area contributed by atoms with E-state index in [-0.39, 0.29) is 5.82 Å². The molecule has 1 N–H and O–H groups in total. The molecule has 0 saturated heterocycles. The monoisotopic (exact) mass is 259 g/mol. The van der Waals surface area contributed by atoms with E-state index in [0.29, 0.717) is 0 Å². The van der Waals surface area contributed by atoms with Crippen LogP contribution >= 0.6 is 0 Å². The molecule has 0 unspecified atom stereocenters. The highest BCUT2D eigenvalue weighted by Gasteiger charge is 2.00. The van der Waals surface area contributed by atoms with E-state index in [1.165, 1.54) is 17.7 Å². The van der Waals surface area contributed by atoms with Gasteiger partial charge in [-0.3, -0.25) is 4.98 Å². The Morgan fingerprint density at radius 1 is 1.21 bits per heavy atom. The summed E-state index contributed by atoms with van der Waals surface area (Å²) in [6, 6.07) is 10.4. The van der Waals surface area contributed by atoms with Crippen molar-refractivity contribution in [1.29, 1.82) is 0 Å². The van der Waals surface area contributed by atoms with Crippen molar-refractivity contribution in [3.05, 3.63) is 60.2 Å². The van der Waals surface area contributed by atoms with E-state index < -0.39 is 0 Å². The molecule has 0 amide bonds. The molecule has 0 bridgehead atoms. The average Bonchev–Trinajstić information content (AvgIpc) is 2.42. The Kier molecular flexibility index (Phi) is 4.86. The first-order valence-electron chi connectivity index (χ1n) is 6.31. The Labute approximate surface area is 113 Å². The van der Waals surface area contributed by atoms with E-state index in [1.807, 2.05) is 12.3 Å². The van der Waals surface area contributed by atoms with Gasteiger partial charge in [-0.2, -0.15) is 0 Å². The topological polar surface area (TPSA) is 28.2 Å². The molecule has 0 saturated carbocycles. The van der Waals surface area contributed by atoms with Crippen molar-refractivity contribution in [2.45, 2.75) is 6.54 Å². The van der Waals surface area contributed by atoms with Crippen LogP contribution in [0.15, 0.2) is 48.8 Å². The smallest absolute Gasteiger partial charge is 0.123 e. The van der Waals surface area contributed by atoms with Crippen LogP contribution in [-0.4, -0.2) is 30.0 Å². The molecular formula is C15H18FN3. The third kappa shape index (κ3) is 4.67. The standard InChI is InChI=1S/C15H18FN3/c1-19(12-13-3-2-8-17-11-13)10-9-18-15-6-4-14(16)5-7-15/h2-8,11,18H,9-10,12H2,1H3. The minimum Gasteiger partial charge on any atom is -0.384 e. The van der Waals surface area contributed by atoms with Crippen molar-refractivity contribution in [1.82, 2.24) is 9.88 Å². The maximum atomic E-state index is 12.7. The molecule has 0 aliphatic rings. The number of hydrogen-bond acceptors (Lipinski definition) is 3. The van der Waals surface area contributed by atoms with Crippen LogP contribution in [0.5, 0.6) is 0 Å². The zero-order chi connectivity index (χ0) is 13.5. The fraction of sp³-hybridized carbons (Fsp3) is 0.267. The van der Waals surface area contributed by atoms with Crippen LogP contribution in [0.1, 0.15) is 5.56 Å². The van der Waals surface area contributed by atoms with Crippen LogP contribution in [0.25, 0.3) is 0 Å². The third-order valence-electron chi connectivity index (χ3n) is 2.84. The first-order valence-corrected chi connectivity index (χ1v) is 6.31. The lowest BCUT2D eigenvalue weighted by atomic mass is 10.2. The van der Waals surface area contributed by atoms with E-state index in [1.54, 1.807) is 18.3 Å². The Morgan fingerprint density at radius 2 is 2.00 bits per heavy atom. The van der Waals surface area contributed by atoms with Gasteiger partial charge in [0.1, 0.15) is 5.82 Å². The highest BCUT2D eigenvalue weighted by atomic mass is 19.1. The molecular weight excluding hydrogens is 241 g/mol. The lowest BCUT2D eigenvalue weighted by Crippen LogP contribution is -2.24. The summed E-state index contributed by atoms with van der Waals surface area (Å²) >= 11 is 0. The summed E-state index contributed by atoms with van der Waals surface area (Å²) in [6.07, 6.45) is 3.66. The summed E-state index contributed by atoms with van der Waals surface area (Å²) in [7, 11) is 2.07. The molecule has 0 aliphatic carbocycles. The lowest BCUT2D eigenvalue weighted by Gasteiger charge is -2.17. The molecule has 0 radical (unpaired) electrons. The van der Waals surface area contributed by atoms with Gasteiger partial charge >= 0.3 is 0 Å². The molecule has 4 heteroatoms. The molecule has 1 heterocycles. The number of hydrogen-bond donors (Lipinski definition) is 1. The number of aromatic nitrogens is 1. The third-order valence-corrected chi connectivity index (χ3v) is 2.84. The minimum absolute atomic E-state index is 0.209. The first kappa shape index (κ1) is 13.5. The van der Waals surface area contributed by atoms with Crippen LogP contribution in [0.3, 0.4) is 0 Å². The van der Waals surface area contributed by atoms with Crippen LogP contribution in [0.4, 0.5) is 10.1 Å². The molecule has 100 valence electrons. The molecule has 1 aromatic carbocycles. The van der Waals surface area contributed by atoms with Crippen molar-refractivity contribution in [3.63, 3.8) is 0 Å². The van der Waals surface area contributed by atoms with Crippen molar-refractivity contribution >= 4 is 5.69 Å². The molecule has 19 heavy (non-hydrogen) atoms. The van der Waals surface area contributed by atoms with Crippen molar-refractivity contribution in [2.24, 2.45) is 0 Å². The molecule has 2 rings (SSSR count). The second-order valence-corrected chi connectivity index (χ2v) is 4.53. The van der Waals surface area contributed by atoms with Crippen molar-refractivity contribution < 1.29 is 4.39 Å². The summed E-state index contributed by atoms with van der Waals surface area (Å²) in [5, 5.41) is 3.26. The molecule has 1 aromatic heterocycles. The first-order chi connectivity index (χ1) is 9.24. The second kappa shape index (κ2) is 6.85. The highest BCUT2D eigenvalue weighted by molar-refractivity contribution is 5.42. The predicted octanol–water partition coefficient (Wildman–Crippen LogP) is 2.76. The number of rotatable bonds is 6. The Bertz CT molecular complexity index is 485. The van der Waals surface area contributed by atoms with Gasteiger partial charge in [0.05, 0.1) is 0 Å². The van der Waals surface area contributed by atoms with E-state index >= 15 is 0 Å². The molecule has 2 aromatic rings. The van der Waals surface area contributed by atoms with Gasteiger partial charge in [0.15, 0.2) is 0 Å². The number of likely N-dealkylation sites (N-methyl/N-ethyl adjacent to an activating group) is 1. The zero-order valence-corrected chi connectivity index (χ0v) is 11.0. The van der Waals surface area contributed by atoms with E-state index in [4.69, 9.17) is 0 Å². The predicted molar refractivity (Wildman–Crippen MR) is 75.5 cm³/mol. The zero-order valence-electron chi connectivity index (χ0n) is 11.0. The van der Waals surface area contributed by atoms with Crippen LogP contribution in [0, 0.1) is 5.82 Å². The van der Waals surface area contributed by atoms with Gasteiger partial charge < -0.3 is 10.2 Å². The quantitative estimate of drug-likeness (QED) is 0.864. The van der Waals surface area contributed by atoms with E-state index in [2.05, 4.69) is 28.3 Å². The Hall–Kier alpha value is -1.94. The Morgan fingerprint density at radius 3 is 2.68 bits per heavy atom. The minimum atomic E-state index is -0.209. The fourth-order valence-electron chi connectivity index (χ4n) is 1.84. The van der Waals surface area contributed by atoms with Gasteiger partial charge in [-0.05, 0) is 42.9 Å². The van der Waals surface area contributed by atoms with Gasteiger partial charge in [-0.1, -0.05) is 6.07 Å². The van der Waals surface area contributed by atoms with Gasteiger partial charge in [0, 0.05) is 37.7 Å². The number of halogens is 1. The summed E-state index contributed by atoms with van der Waals surface area (Å²) in [5.41, 5.74) is 2.14. The summed E-state index contributed by atoms with van der Waals surface area (Å²) in [5.74, 6) is -0.209. The Balaban J connectivity index is 1.72. The average molecular weight is 259 g/mol. The second-order valence-electron chi connectivity index (χ2n) is 4.53. The maximum absolute atomic E-state index is 12.7. The normalized spacial score (nSPS) is 10.7. The van der Waals surface area contributed by atoms with Crippen LogP contribution in [0.2, 0.25) is 0 Å². The van der Waals surface area contributed by atoms with Crippen molar-refractivity contribution in [3.8, 4) is 0 Å². The summed E-state index contributed by atoms with van der Waals surface area (Å²) < 4.78 is 12.7. The largest absolute Gasteiger partial charge is 0.384 e. The summed E-state index contributed by atoms with van der Waals surface area (Å²) in [4.78, 5) is 6.31. The highest BCUT2D eigenvalue weighted by Crippen LogP contribution is 2.07. The number of benzene rings is 1. The van der Waals surface area contributed by atoms with Gasteiger partial charge in [0.25, 0.3) is 0 Å². The van der Waals surface area contributed by atoms with Crippen LogP contribution < -0.4 is 5.32 Å². The van der Waals surface area contributed by atoms with E-state index in [0.717, 1.165) is 25.3 Å². The lowest BCUT2D eigenvalue weighted by molar-refractivity contribution is 0.339. The van der Waals surface area contributed by atoms with Gasteiger partial charge in [-0.25, -0.2) is 4.39 Å². The maximum Gasteiger partial charge on any atom is 0.123 e. The number of nitrogens with zero attached hydrogens (tertiary/aromatic N) is 2. The van der Waals surface area contributed by atoms with Gasteiger partial charge in [-0.15, -0.1) is 0 Å². The molecule has 0 spiro atoms. The SMILES string of the molecule is CN(CCNc1ccc(F)cc1)Cc1cccnc1. The fourth-order valence-corrected chi connectivity index (χ4v) is 1.84. The van der Waals surface area contributed by atoms with Gasteiger partial charge in [0.2, 0.25) is 0 Å². The molecule has 0 fully saturated rings. The molecule has 0 aliphatic heterocycles. The summed E-state index contributed by atoms with van der Waals surface area (Å²) in [6.45, 7) is 2.60. The molecule has 0 atom stereocenters. The number of pyridine rings is 1. The molecule has 3 nitrogen and oxygen atoms in total. The van der Waals surface area contributed by atoms with E-state index in [9.17, 15) is 4.39 Å². The number of anilines is 1. The number of nitrogens with one attached hydrogen (secondary N) is 1. The van der Waals surface area contributed by atoms with Crippen molar-refractivity contribution in [2.75, 3.05) is 25.5 Å².